The average molecular weight is 322 g/mol. The molecule has 0 bridgehead atoms. The Morgan fingerprint density at radius 2 is 2.00 bits per heavy atom. The SMILES string of the molecule is O=C(O)C1CCC1C(=O)NCCCc1nc2c(s1)CCCC2. The molecule has 2 N–H and O–H groups in total. The normalized spacial score (nSPS) is 23.5. The van der Waals surface area contributed by atoms with Crippen molar-refractivity contribution in [2.75, 3.05) is 6.54 Å². The summed E-state index contributed by atoms with van der Waals surface area (Å²) in [7, 11) is 0. The van der Waals surface area contributed by atoms with E-state index in [4.69, 9.17) is 10.1 Å². The number of thiazole rings is 1. The number of rotatable bonds is 6. The fraction of sp³-hybridized carbons (Fsp3) is 0.688. The Labute approximate surface area is 134 Å². The van der Waals surface area contributed by atoms with Crippen molar-refractivity contribution in [3.63, 3.8) is 0 Å². The van der Waals surface area contributed by atoms with Gasteiger partial charge in [-0.3, -0.25) is 9.59 Å². The second-order valence-electron chi connectivity index (χ2n) is 6.21. The van der Waals surface area contributed by atoms with Gasteiger partial charge in [0.25, 0.3) is 0 Å². The van der Waals surface area contributed by atoms with Crippen molar-refractivity contribution in [2.45, 2.75) is 51.4 Å². The van der Waals surface area contributed by atoms with Crippen LogP contribution in [0.1, 0.15) is 47.7 Å². The van der Waals surface area contributed by atoms with Crippen LogP contribution in [-0.2, 0) is 28.9 Å². The number of aryl methyl sites for hydroxylation is 3. The molecule has 2 atom stereocenters. The Balaban J connectivity index is 1.39. The van der Waals surface area contributed by atoms with Crippen LogP contribution in [0.25, 0.3) is 0 Å². The quantitative estimate of drug-likeness (QED) is 0.787. The van der Waals surface area contributed by atoms with E-state index in [-0.39, 0.29) is 11.8 Å². The predicted octanol–water partition coefficient (Wildman–Crippen LogP) is 2.18. The zero-order valence-corrected chi connectivity index (χ0v) is 13.5. The molecule has 2 aliphatic carbocycles. The largest absolute Gasteiger partial charge is 0.481 e. The summed E-state index contributed by atoms with van der Waals surface area (Å²) in [5.74, 6) is -1.76. The number of fused-ring (bicyclic) bond motifs is 1. The predicted molar refractivity (Wildman–Crippen MR) is 83.9 cm³/mol. The summed E-state index contributed by atoms with van der Waals surface area (Å²) in [6.07, 6.45) is 7.88. The maximum absolute atomic E-state index is 11.9. The van der Waals surface area contributed by atoms with Crippen LogP contribution in [0.2, 0.25) is 0 Å². The minimum atomic E-state index is -0.847. The minimum absolute atomic E-state index is 0.0999. The highest BCUT2D eigenvalue weighted by Crippen LogP contribution is 2.34. The van der Waals surface area contributed by atoms with Crippen molar-refractivity contribution in [1.29, 1.82) is 0 Å². The molecule has 2 aliphatic rings. The van der Waals surface area contributed by atoms with Gasteiger partial charge in [0.15, 0.2) is 0 Å². The van der Waals surface area contributed by atoms with Crippen LogP contribution >= 0.6 is 11.3 Å². The molecule has 6 heteroatoms. The molecule has 1 amide bonds. The first-order valence-corrected chi connectivity index (χ1v) is 8.95. The first-order valence-electron chi connectivity index (χ1n) is 8.13. The van der Waals surface area contributed by atoms with Crippen LogP contribution in [0.4, 0.5) is 0 Å². The number of carboxylic acids is 1. The fourth-order valence-electron chi connectivity index (χ4n) is 3.20. The van der Waals surface area contributed by atoms with Gasteiger partial charge in [-0.1, -0.05) is 0 Å². The van der Waals surface area contributed by atoms with Gasteiger partial charge in [-0.15, -0.1) is 11.3 Å². The monoisotopic (exact) mass is 322 g/mol. The third-order valence-corrected chi connectivity index (χ3v) is 5.90. The zero-order chi connectivity index (χ0) is 15.5. The van der Waals surface area contributed by atoms with Crippen LogP contribution in [0.15, 0.2) is 0 Å². The van der Waals surface area contributed by atoms with Gasteiger partial charge >= 0.3 is 5.97 Å². The molecule has 1 fully saturated rings. The van der Waals surface area contributed by atoms with Crippen molar-refractivity contribution >= 4 is 23.2 Å². The molecule has 1 heterocycles. The Hall–Kier alpha value is -1.43. The molecule has 0 aliphatic heterocycles. The molecule has 120 valence electrons. The molecular weight excluding hydrogens is 300 g/mol. The molecule has 5 nitrogen and oxygen atoms in total. The van der Waals surface area contributed by atoms with Crippen molar-refractivity contribution in [1.82, 2.24) is 10.3 Å². The van der Waals surface area contributed by atoms with Gasteiger partial charge in [0.1, 0.15) is 0 Å². The number of carbonyl (C=O) groups excluding carboxylic acids is 1. The van der Waals surface area contributed by atoms with E-state index in [1.165, 1.54) is 34.8 Å². The first-order chi connectivity index (χ1) is 10.6. The number of carbonyl (C=O) groups is 2. The Kier molecular flexibility index (Phi) is 4.76. The van der Waals surface area contributed by atoms with E-state index >= 15 is 0 Å². The van der Waals surface area contributed by atoms with Crippen molar-refractivity contribution < 1.29 is 14.7 Å². The molecule has 1 aromatic rings. The molecule has 1 aromatic heterocycles. The van der Waals surface area contributed by atoms with Crippen LogP contribution in [0.3, 0.4) is 0 Å². The highest BCUT2D eigenvalue weighted by molar-refractivity contribution is 7.11. The Morgan fingerprint density at radius 1 is 1.23 bits per heavy atom. The summed E-state index contributed by atoms with van der Waals surface area (Å²) in [6, 6.07) is 0. The maximum atomic E-state index is 11.9. The number of amides is 1. The number of hydrogen-bond donors (Lipinski definition) is 2. The van der Waals surface area contributed by atoms with Crippen LogP contribution in [-0.4, -0.2) is 28.5 Å². The highest BCUT2D eigenvalue weighted by Gasteiger charge is 2.41. The van der Waals surface area contributed by atoms with E-state index in [0.29, 0.717) is 19.4 Å². The Morgan fingerprint density at radius 3 is 2.68 bits per heavy atom. The summed E-state index contributed by atoms with van der Waals surface area (Å²) in [5, 5.41) is 13.0. The lowest BCUT2D eigenvalue weighted by Crippen LogP contribution is -2.44. The topological polar surface area (TPSA) is 79.3 Å². The molecule has 3 rings (SSSR count). The summed E-state index contributed by atoms with van der Waals surface area (Å²) < 4.78 is 0. The summed E-state index contributed by atoms with van der Waals surface area (Å²) in [6.45, 7) is 0.603. The number of nitrogens with one attached hydrogen (secondary N) is 1. The Bertz CT molecular complexity index is 546. The molecule has 0 radical (unpaired) electrons. The third kappa shape index (κ3) is 3.32. The van der Waals surface area contributed by atoms with Crippen LogP contribution in [0.5, 0.6) is 0 Å². The number of aromatic nitrogens is 1. The highest BCUT2D eigenvalue weighted by atomic mass is 32.1. The average Bonchev–Trinajstić information content (AvgIpc) is 2.84. The standard InChI is InChI=1S/C16H22N2O3S/c19-15(10-7-8-11(10)16(20)21)17-9-3-6-14-18-12-4-1-2-5-13(12)22-14/h10-11H,1-9H2,(H,17,19)(H,20,21). The van der Waals surface area contributed by atoms with Crippen LogP contribution < -0.4 is 5.32 Å². The second kappa shape index (κ2) is 6.77. The fourth-order valence-corrected chi connectivity index (χ4v) is 4.40. The zero-order valence-electron chi connectivity index (χ0n) is 12.6. The summed E-state index contributed by atoms with van der Waals surface area (Å²) in [4.78, 5) is 29.0. The van der Waals surface area contributed by atoms with Gasteiger partial charge in [-0.05, 0) is 44.9 Å². The molecular formula is C16H22N2O3S. The van der Waals surface area contributed by atoms with Gasteiger partial charge in [0.05, 0.1) is 22.5 Å². The van der Waals surface area contributed by atoms with E-state index in [0.717, 1.165) is 19.3 Å². The van der Waals surface area contributed by atoms with Crippen molar-refractivity contribution in [3.05, 3.63) is 15.6 Å². The van der Waals surface area contributed by atoms with E-state index in [1.54, 1.807) is 0 Å². The van der Waals surface area contributed by atoms with Crippen LogP contribution in [0, 0.1) is 11.8 Å². The van der Waals surface area contributed by atoms with E-state index in [1.807, 2.05) is 11.3 Å². The van der Waals surface area contributed by atoms with Crippen molar-refractivity contribution in [3.8, 4) is 0 Å². The van der Waals surface area contributed by atoms with Gasteiger partial charge in [0, 0.05) is 17.8 Å². The third-order valence-electron chi connectivity index (χ3n) is 4.68. The van der Waals surface area contributed by atoms with Crippen molar-refractivity contribution in [2.24, 2.45) is 11.8 Å². The number of nitrogens with zero attached hydrogens (tertiary/aromatic N) is 1. The minimum Gasteiger partial charge on any atom is -0.481 e. The first kappa shape index (κ1) is 15.5. The molecule has 0 spiro atoms. The molecule has 0 saturated heterocycles. The lowest BCUT2D eigenvalue weighted by atomic mass is 9.73. The number of carboxylic acid groups (broad SMARTS) is 1. The lowest BCUT2D eigenvalue weighted by Gasteiger charge is -2.31. The van der Waals surface area contributed by atoms with E-state index in [2.05, 4.69) is 5.32 Å². The molecule has 0 aromatic carbocycles. The van der Waals surface area contributed by atoms with Gasteiger partial charge in [-0.25, -0.2) is 4.98 Å². The smallest absolute Gasteiger partial charge is 0.307 e. The molecule has 2 unspecified atom stereocenters. The molecule has 22 heavy (non-hydrogen) atoms. The van der Waals surface area contributed by atoms with Gasteiger partial charge < -0.3 is 10.4 Å². The second-order valence-corrected chi connectivity index (χ2v) is 7.38. The number of aliphatic carboxylic acids is 1. The van der Waals surface area contributed by atoms with Gasteiger partial charge in [-0.2, -0.15) is 0 Å². The number of hydrogen-bond acceptors (Lipinski definition) is 4. The van der Waals surface area contributed by atoms with E-state index < -0.39 is 11.9 Å². The molecule has 1 saturated carbocycles. The van der Waals surface area contributed by atoms with Gasteiger partial charge in [0.2, 0.25) is 5.91 Å². The maximum Gasteiger partial charge on any atom is 0.307 e. The lowest BCUT2D eigenvalue weighted by molar-refractivity contribution is -0.152. The summed E-state index contributed by atoms with van der Waals surface area (Å²) >= 11 is 1.82. The summed E-state index contributed by atoms with van der Waals surface area (Å²) in [5.41, 5.74) is 1.29. The van der Waals surface area contributed by atoms with E-state index in [9.17, 15) is 9.59 Å².